The predicted octanol–water partition coefficient (Wildman–Crippen LogP) is 0.406. The zero-order chi connectivity index (χ0) is 11.5. The highest BCUT2D eigenvalue weighted by atomic mass is 16.5. The minimum Gasteiger partial charge on any atom is -0.380 e. The van der Waals surface area contributed by atoms with Gasteiger partial charge in [0.1, 0.15) is 11.5 Å². The number of hydrogen-bond acceptors (Lipinski definition) is 4. The summed E-state index contributed by atoms with van der Waals surface area (Å²) in [6.07, 6.45) is 1.23. The van der Waals surface area contributed by atoms with Crippen LogP contribution in [0.25, 0.3) is 0 Å². The number of ether oxygens (including phenoxy) is 1. The maximum absolute atomic E-state index is 11.0. The van der Waals surface area contributed by atoms with Crippen LogP contribution in [0.4, 0.5) is 5.82 Å². The van der Waals surface area contributed by atoms with Gasteiger partial charge in [0.2, 0.25) is 0 Å². The third-order valence-corrected chi connectivity index (χ3v) is 2.79. The summed E-state index contributed by atoms with van der Waals surface area (Å²) in [5.74, 6) is 0.292. The van der Waals surface area contributed by atoms with Gasteiger partial charge in [0.05, 0.1) is 6.10 Å². The molecule has 2 heterocycles. The van der Waals surface area contributed by atoms with E-state index in [1.807, 2.05) is 6.07 Å². The molecular weight excluding hydrogens is 206 g/mol. The molecule has 5 nitrogen and oxygen atoms in total. The maximum Gasteiger partial charge on any atom is 0.267 e. The largest absolute Gasteiger partial charge is 0.380 e. The third kappa shape index (κ3) is 2.14. The summed E-state index contributed by atoms with van der Waals surface area (Å²) in [4.78, 5) is 17.3. The van der Waals surface area contributed by atoms with E-state index in [-0.39, 0.29) is 6.10 Å². The highest BCUT2D eigenvalue weighted by molar-refractivity contribution is 5.91. The normalized spacial score (nSPS) is 20.1. The molecule has 5 heteroatoms. The Morgan fingerprint density at radius 1 is 1.62 bits per heavy atom. The number of aromatic nitrogens is 1. The van der Waals surface area contributed by atoms with Crippen LogP contribution in [0.15, 0.2) is 18.2 Å². The van der Waals surface area contributed by atoms with Crippen molar-refractivity contribution in [1.29, 1.82) is 0 Å². The molecule has 1 fully saturated rings. The van der Waals surface area contributed by atoms with E-state index >= 15 is 0 Å². The Balaban J connectivity index is 2.15. The molecule has 0 aromatic carbocycles. The third-order valence-electron chi connectivity index (χ3n) is 2.79. The first-order chi connectivity index (χ1) is 7.70. The number of rotatable bonds is 3. The first-order valence-corrected chi connectivity index (χ1v) is 5.25. The Hall–Kier alpha value is -1.62. The van der Waals surface area contributed by atoms with Crippen molar-refractivity contribution in [1.82, 2.24) is 4.98 Å². The van der Waals surface area contributed by atoms with Crippen LogP contribution in [-0.4, -0.2) is 37.2 Å². The van der Waals surface area contributed by atoms with E-state index in [1.165, 1.54) is 0 Å². The molecule has 1 saturated heterocycles. The van der Waals surface area contributed by atoms with Crippen molar-refractivity contribution in [3.8, 4) is 0 Å². The highest BCUT2D eigenvalue weighted by Gasteiger charge is 2.23. The highest BCUT2D eigenvalue weighted by Crippen LogP contribution is 2.19. The van der Waals surface area contributed by atoms with E-state index in [9.17, 15) is 4.79 Å². The van der Waals surface area contributed by atoms with Gasteiger partial charge in [0.15, 0.2) is 0 Å². The number of pyridine rings is 1. The predicted molar refractivity (Wildman–Crippen MR) is 60.4 cm³/mol. The molecule has 0 aliphatic carbocycles. The molecule has 2 N–H and O–H groups in total. The second-order valence-electron chi connectivity index (χ2n) is 3.84. The average Bonchev–Trinajstić information content (AvgIpc) is 2.77. The molecule has 1 aliphatic rings. The summed E-state index contributed by atoms with van der Waals surface area (Å²) in [6, 6.07) is 5.29. The average molecular weight is 221 g/mol. The van der Waals surface area contributed by atoms with Crippen molar-refractivity contribution in [3.05, 3.63) is 23.9 Å². The minimum absolute atomic E-state index is 0.249. The minimum atomic E-state index is -0.496. The number of carbonyl (C=O) groups is 1. The fraction of sp³-hybridized carbons (Fsp3) is 0.455. The molecule has 1 amide bonds. The Bertz CT molecular complexity index is 395. The van der Waals surface area contributed by atoms with Gasteiger partial charge in [-0.1, -0.05) is 6.07 Å². The van der Waals surface area contributed by atoms with Crippen molar-refractivity contribution in [3.63, 3.8) is 0 Å². The van der Waals surface area contributed by atoms with E-state index in [0.717, 1.165) is 25.3 Å². The molecule has 1 aromatic heterocycles. The number of hydrogen-bond donors (Lipinski definition) is 1. The molecule has 86 valence electrons. The van der Waals surface area contributed by atoms with Crippen LogP contribution >= 0.6 is 0 Å². The monoisotopic (exact) mass is 221 g/mol. The first kappa shape index (κ1) is 10.9. The lowest BCUT2D eigenvalue weighted by Gasteiger charge is -2.17. The molecule has 0 bridgehead atoms. The van der Waals surface area contributed by atoms with Gasteiger partial charge >= 0.3 is 0 Å². The van der Waals surface area contributed by atoms with Gasteiger partial charge in [-0.15, -0.1) is 0 Å². The Morgan fingerprint density at radius 3 is 3.06 bits per heavy atom. The van der Waals surface area contributed by atoms with Crippen LogP contribution in [0.5, 0.6) is 0 Å². The standard InChI is InChI=1S/C11H15N3O2/c1-16-8-5-6-14(7-8)10-4-2-3-9(13-10)11(12)15/h2-4,8H,5-7H2,1H3,(H2,12,15)/t8-/m0/s1. The van der Waals surface area contributed by atoms with Gasteiger partial charge in [-0.2, -0.15) is 0 Å². The maximum atomic E-state index is 11.0. The summed E-state index contributed by atoms with van der Waals surface area (Å²) < 4.78 is 5.28. The van der Waals surface area contributed by atoms with Crippen molar-refractivity contribution in [2.45, 2.75) is 12.5 Å². The molecule has 0 spiro atoms. The van der Waals surface area contributed by atoms with E-state index in [1.54, 1.807) is 19.2 Å². The smallest absolute Gasteiger partial charge is 0.267 e. The second kappa shape index (κ2) is 4.49. The molecule has 1 atom stereocenters. The lowest BCUT2D eigenvalue weighted by molar-refractivity contribution is 0.0995. The molecule has 1 aliphatic heterocycles. The van der Waals surface area contributed by atoms with Crippen LogP contribution in [0.1, 0.15) is 16.9 Å². The fourth-order valence-electron chi connectivity index (χ4n) is 1.87. The van der Waals surface area contributed by atoms with Crippen molar-refractivity contribution in [2.24, 2.45) is 5.73 Å². The number of nitrogens with zero attached hydrogens (tertiary/aromatic N) is 2. The first-order valence-electron chi connectivity index (χ1n) is 5.25. The number of methoxy groups -OCH3 is 1. The number of anilines is 1. The summed E-state index contributed by atoms with van der Waals surface area (Å²) in [5.41, 5.74) is 5.49. The van der Waals surface area contributed by atoms with Crippen molar-refractivity contribution < 1.29 is 9.53 Å². The molecule has 0 unspecified atom stereocenters. The van der Waals surface area contributed by atoms with Gasteiger partial charge in [0.25, 0.3) is 5.91 Å². The summed E-state index contributed by atoms with van der Waals surface area (Å²) in [6.45, 7) is 1.71. The number of primary amides is 1. The van der Waals surface area contributed by atoms with E-state index in [4.69, 9.17) is 10.5 Å². The SMILES string of the molecule is CO[C@H]1CCN(c2cccc(C(N)=O)n2)C1. The lowest BCUT2D eigenvalue weighted by Crippen LogP contribution is -2.24. The van der Waals surface area contributed by atoms with Crippen LogP contribution in [0.3, 0.4) is 0 Å². The Morgan fingerprint density at radius 2 is 2.44 bits per heavy atom. The Kier molecular flexibility index (Phi) is 3.05. The van der Waals surface area contributed by atoms with E-state index < -0.39 is 5.91 Å². The van der Waals surface area contributed by atoms with Gasteiger partial charge < -0.3 is 15.4 Å². The molecular formula is C11H15N3O2. The second-order valence-corrected chi connectivity index (χ2v) is 3.84. The van der Waals surface area contributed by atoms with Crippen LogP contribution in [0, 0.1) is 0 Å². The lowest BCUT2D eigenvalue weighted by atomic mass is 10.3. The number of carbonyl (C=O) groups excluding carboxylic acids is 1. The van der Waals surface area contributed by atoms with Crippen LogP contribution in [-0.2, 0) is 4.74 Å². The molecule has 0 saturated carbocycles. The summed E-state index contributed by atoms with van der Waals surface area (Å²) >= 11 is 0. The Labute approximate surface area is 94.2 Å². The van der Waals surface area contributed by atoms with Gasteiger partial charge in [0, 0.05) is 20.2 Å². The molecule has 1 aromatic rings. The molecule has 2 rings (SSSR count). The van der Waals surface area contributed by atoms with Gasteiger partial charge in [-0.3, -0.25) is 4.79 Å². The number of nitrogens with two attached hydrogens (primary N) is 1. The van der Waals surface area contributed by atoms with Gasteiger partial charge in [-0.05, 0) is 18.6 Å². The van der Waals surface area contributed by atoms with E-state index in [0.29, 0.717) is 5.69 Å². The van der Waals surface area contributed by atoms with Crippen molar-refractivity contribution >= 4 is 11.7 Å². The zero-order valence-electron chi connectivity index (χ0n) is 9.22. The van der Waals surface area contributed by atoms with Crippen LogP contribution in [0.2, 0.25) is 0 Å². The fourth-order valence-corrected chi connectivity index (χ4v) is 1.87. The van der Waals surface area contributed by atoms with Gasteiger partial charge in [-0.25, -0.2) is 4.98 Å². The van der Waals surface area contributed by atoms with Crippen molar-refractivity contribution in [2.75, 3.05) is 25.1 Å². The molecule has 16 heavy (non-hydrogen) atoms. The summed E-state index contributed by atoms with van der Waals surface area (Å²) in [7, 11) is 1.71. The number of amides is 1. The topological polar surface area (TPSA) is 68.5 Å². The summed E-state index contributed by atoms with van der Waals surface area (Å²) in [5, 5.41) is 0. The quantitative estimate of drug-likeness (QED) is 0.802. The van der Waals surface area contributed by atoms with E-state index in [2.05, 4.69) is 9.88 Å². The molecule has 0 radical (unpaired) electrons. The van der Waals surface area contributed by atoms with Crippen LogP contribution < -0.4 is 10.6 Å². The zero-order valence-corrected chi connectivity index (χ0v) is 9.22.